The minimum Gasteiger partial charge on any atom is -0.326 e. The van der Waals surface area contributed by atoms with E-state index in [9.17, 15) is 19.2 Å². The fourth-order valence-corrected chi connectivity index (χ4v) is 4.00. The smallest absolute Gasteiger partial charge is 0.289 e. The van der Waals surface area contributed by atoms with Gasteiger partial charge in [0.05, 0.1) is 29.8 Å². The van der Waals surface area contributed by atoms with Gasteiger partial charge in [0.1, 0.15) is 0 Å². The number of nitrogens with one attached hydrogen (secondary N) is 1. The second-order valence-electron chi connectivity index (χ2n) is 6.88. The SMILES string of the molecule is Cn1nc(CC(=O)Nc2ccc(CN3C(=O)CSC3=O)cc2)c2ccccc2c1=O. The van der Waals surface area contributed by atoms with Gasteiger partial charge in [0, 0.05) is 18.1 Å². The van der Waals surface area contributed by atoms with Gasteiger partial charge in [-0.05, 0) is 23.8 Å². The third-order valence-electron chi connectivity index (χ3n) is 4.78. The van der Waals surface area contributed by atoms with E-state index in [0.717, 1.165) is 17.3 Å². The van der Waals surface area contributed by atoms with Crippen LogP contribution < -0.4 is 10.9 Å². The van der Waals surface area contributed by atoms with Gasteiger partial charge in [-0.2, -0.15) is 5.10 Å². The van der Waals surface area contributed by atoms with Gasteiger partial charge in [-0.1, -0.05) is 42.1 Å². The van der Waals surface area contributed by atoms with Crippen molar-refractivity contribution in [1.82, 2.24) is 14.7 Å². The molecule has 1 fully saturated rings. The highest BCUT2D eigenvalue weighted by molar-refractivity contribution is 8.14. The third-order valence-corrected chi connectivity index (χ3v) is 5.64. The number of carbonyl (C=O) groups is 3. The van der Waals surface area contributed by atoms with Crippen LogP contribution in [0.15, 0.2) is 53.3 Å². The number of nitrogens with zero attached hydrogens (tertiary/aromatic N) is 3. The molecule has 1 saturated heterocycles. The molecule has 3 amide bonds. The number of carbonyl (C=O) groups excluding carboxylic acids is 3. The van der Waals surface area contributed by atoms with Gasteiger partial charge in [0.25, 0.3) is 10.8 Å². The number of benzene rings is 2. The molecule has 0 aliphatic carbocycles. The lowest BCUT2D eigenvalue weighted by atomic mass is 10.1. The van der Waals surface area contributed by atoms with E-state index < -0.39 is 0 Å². The van der Waals surface area contributed by atoms with Crippen LogP contribution in [0.4, 0.5) is 10.5 Å². The Labute approximate surface area is 175 Å². The Bertz CT molecular complexity index is 1200. The second-order valence-corrected chi connectivity index (χ2v) is 7.80. The Morgan fingerprint density at radius 1 is 1.07 bits per heavy atom. The molecule has 0 bridgehead atoms. The number of aromatic nitrogens is 2. The van der Waals surface area contributed by atoms with Gasteiger partial charge in [-0.15, -0.1) is 0 Å². The van der Waals surface area contributed by atoms with Gasteiger partial charge in [-0.25, -0.2) is 4.68 Å². The van der Waals surface area contributed by atoms with Gasteiger partial charge in [0.15, 0.2) is 0 Å². The number of fused-ring (bicyclic) bond motifs is 1. The molecule has 0 spiro atoms. The summed E-state index contributed by atoms with van der Waals surface area (Å²) in [7, 11) is 1.56. The van der Waals surface area contributed by atoms with E-state index in [0.29, 0.717) is 22.2 Å². The predicted octanol–water partition coefficient (Wildman–Crippen LogP) is 2.31. The molecule has 2 aromatic carbocycles. The first-order valence-corrected chi connectivity index (χ1v) is 10.2. The Hall–Kier alpha value is -3.46. The zero-order valence-corrected chi connectivity index (χ0v) is 16.9. The zero-order valence-electron chi connectivity index (χ0n) is 16.1. The lowest BCUT2D eigenvalue weighted by molar-refractivity contribution is -0.125. The molecule has 1 aliphatic rings. The van der Waals surface area contributed by atoms with Crippen molar-refractivity contribution in [3.8, 4) is 0 Å². The van der Waals surface area contributed by atoms with Crippen LogP contribution in [0, 0.1) is 0 Å². The number of amides is 3. The monoisotopic (exact) mass is 422 g/mol. The number of hydrogen-bond donors (Lipinski definition) is 1. The zero-order chi connectivity index (χ0) is 21.3. The highest BCUT2D eigenvalue weighted by Gasteiger charge is 2.29. The summed E-state index contributed by atoms with van der Waals surface area (Å²) in [6, 6.07) is 14.0. The van der Waals surface area contributed by atoms with Gasteiger partial charge in [0.2, 0.25) is 11.8 Å². The minimum absolute atomic E-state index is 0.0182. The van der Waals surface area contributed by atoms with Crippen molar-refractivity contribution >= 4 is 45.3 Å². The lowest BCUT2D eigenvalue weighted by Gasteiger charge is -2.13. The van der Waals surface area contributed by atoms with Gasteiger partial charge >= 0.3 is 0 Å². The van der Waals surface area contributed by atoms with Gasteiger partial charge in [-0.3, -0.25) is 24.1 Å². The van der Waals surface area contributed by atoms with Crippen molar-refractivity contribution in [3.63, 3.8) is 0 Å². The van der Waals surface area contributed by atoms with E-state index in [1.54, 1.807) is 55.6 Å². The van der Waals surface area contributed by atoms with Crippen LogP contribution in [0.1, 0.15) is 11.3 Å². The number of thioether (sulfide) groups is 1. The van der Waals surface area contributed by atoms with Crippen molar-refractivity contribution in [2.24, 2.45) is 7.05 Å². The molecule has 1 N–H and O–H groups in total. The quantitative estimate of drug-likeness (QED) is 0.677. The molecule has 30 heavy (non-hydrogen) atoms. The fourth-order valence-electron chi connectivity index (χ4n) is 3.27. The standard InChI is InChI=1S/C21H18N4O4S/c1-24-20(28)16-5-3-2-4-15(16)17(23-24)10-18(26)22-14-8-6-13(7-9-14)11-25-19(27)12-30-21(25)29/h2-9H,10-12H2,1H3,(H,22,26). The number of rotatable bonds is 5. The molecule has 3 aromatic rings. The molecule has 9 heteroatoms. The molecular weight excluding hydrogens is 404 g/mol. The molecule has 1 aromatic heterocycles. The molecule has 152 valence electrons. The lowest BCUT2D eigenvalue weighted by Crippen LogP contribution is -2.27. The van der Waals surface area contributed by atoms with Crippen LogP contribution >= 0.6 is 11.8 Å². The first-order valence-electron chi connectivity index (χ1n) is 9.23. The van der Waals surface area contributed by atoms with Crippen molar-refractivity contribution in [2.45, 2.75) is 13.0 Å². The van der Waals surface area contributed by atoms with Crippen molar-refractivity contribution in [2.75, 3.05) is 11.1 Å². The Kier molecular flexibility index (Phi) is 5.37. The third kappa shape index (κ3) is 3.97. The van der Waals surface area contributed by atoms with E-state index in [4.69, 9.17) is 0 Å². The molecule has 4 rings (SSSR count). The maximum absolute atomic E-state index is 12.5. The average molecular weight is 422 g/mol. The van der Waals surface area contributed by atoms with Crippen LogP contribution in [-0.4, -0.2) is 37.5 Å². The summed E-state index contributed by atoms with van der Waals surface area (Å²) < 4.78 is 1.24. The van der Waals surface area contributed by atoms with E-state index in [-0.39, 0.29) is 41.3 Å². The summed E-state index contributed by atoms with van der Waals surface area (Å²) in [5.41, 5.74) is 1.69. The summed E-state index contributed by atoms with van der Waals surface area (Å²) in [6.07, 6.45) is 0.0182. The van der Waals surface area contributed by atoms with Crippen LogP contribution in [0.5, 0.6) is 0 Å². The summed E-state index contributed by atoms with van der Waals surface area (Å²) in [5, 5.41) is 7.98. The first kappa shape index (κ1) is 19.8. The molecular formula is C21H18N4O4S. The highest BCUT2D eigenvalue weighted by Crippen LogP contribution is 2.22. The maximum Gasteiger partial charge on any atom is 0.289 e. The van der Waals surface area contributed by atoms with E-state index in [1.807, 2.05) is 0 Å². The molecule has 0 atom stereocenters. The number of anilines is 1. The second kappa shape index (κ2) is 8.11. The minimum atomic E-state index is -0.264. The first-order chi connectivity index (χ1) is 14.4. The van der Waals surface area contributed by atoms with Crippen molar-refractivity contribution in [1.29, 1.82) is 0 Å². The number of hydrogen-bond acceptors (Lipinski definition) is 6. The maximum atomic E-state index is 12.5. The van der Waals surface area contributed by atoms with E-state index in [1.165, 1.54) is 9.58 Å². The predicted molar refractivity (Wildman–Crippen MR) is 114 cm³/mol. The number of imide groups is 1. The van der Waals surface area contributed by atoms with Crippen LogP contribution in [-0.2, 0) is 29.6 Å². The summed E-state index contributed by atoms with van der Waals surface area (Å²) in [5.74, 6) is -0.277. The van der Waals surface area contributed by atoms with Gasteiger partial charge < -0.3 is 5.32 Å². The Morgan fingerprint density at radius 3 is 2.43 bits per heavy atom. The molecule has 0 radical (unpaired) electrons. The summed E-state index contributed by atoms with van der Waals surface area (Å²) in [6.45, 7) is 0.215. The van der Waals surface area contributed by atoms with E-state index >= 15 is 0 Å². The van der Waals surface area contributed by atoms with Crippen LogP contribution in [0.25, 0.3) is 10.8 Å². The Balaban J connectivity index is 1.45. The van der Waals surface area contributed by atoms with Crippen molar-refractivity contribution in [3.05, 3.63) is 70.1 Å². The molecule has 1 aliphatic heterocycles. The molecule has 2 heterocycles. The topological polar surface area (TPSA) is 101 Å². The summed E-state index contributed by atoms with van der Waals surface area (Å²) in [4.78, 5) is 49.4. The number of aryl methyl sites for hydroxylation is 1. The fraction of sp³-hybridized carbons (Fsp3) is 0.190. The van der Waals surface area contributed by atoms with E-state index in [2.05, 4.69) is 10.4 Å². The largest absolute Gasteiger partial charge is 0.326 e. The summed E-state index contributed by atoms with van der Waals surface area (Å²) >= 11 is 1.00. The average Bonchev–Trinajstić information content (AvgIpc) is 3.05. The molecule has 8 nitrogen and oxygen atoms in total. The van der Waals surface area contributed by atoms with Crippen LogP contribution in [0.3, 0.4) is 0 Å². The normalized spacial score (nSPS) is 13.8. The van der Waals surface area contributed by atoms with Crippen LogP contribution in [0.2, 0.25) is 0 Å². The molecule has 0 unspecified atom stereocenters. The molecule has 0 saturated carbocycles. The highest BCUT2D eigenvalue weighted by atomic mass is 32.2. The van der Waals surface area contributed by atoms with Crippen molar-refractivity contribution < 1.29 is 14.4 Å². The Morgan fingerprint density at radius 2 is 1.77 bits per heavy atom.